The van der Waals surface area contributed by atoms with Crippen LogP contribution in [0.2, 0.25) is 0 Å². The minimum atomic E-state index is -0.873. The molecule has 1 aliphatic heterocycles. The zero-order chi connectivity index (χ0) is 13.3. The molecule has 0 bridgehead atoms. The van der Waals surface area contributed by atoms with Crippen LogP contribution >= 0.6 is 0 Å². The summed E-state index contributed by atoms with van der Waals surface area (Å²) in [5, 5.41) is 9.94. The van der Waals surface area contributed by atoms with Crippen molar-refractivity contribution in [1.82, 2.24) is 0 Å². The lowest BCUT2D eigenvalue weighted by atomic mass is 9.97. The molecule has 1 aromatic rings. The molecule has 0 fully saturated rings. The van der Waals surface area contributed by atoms with Crippen LogP contribution in [0.5, 0.6) is 5.75 Å². The molecule has 0 aromatic heterocycles. The van der Waals surface area contributed by atoms with Gasteiger partial charge in [-0.05, 0) is 31.0 Å². The summed E-state index contributed by atoms with van der Waals surface area (Å²) in [6.45, 7) is 3.47. The second kappa shape index (κ2) is 4.61. The second-order valence-electron chi connectivity index (χ2n) is 5.16. The van der Waals surface area contributed by atoms with Gasteiger partial charge in [-0.1, -0.05) is 12.1 Å². The van der Waals surface area contributed by atoms with Crippen molar-refractivity contribution >= 4 is 5.97 Å². The van der Waals surface area contributed by atoms with Crippen molar-refractivity contribution in [1.29, 1.82) is 0 Å². The van der Waals surface area contributed by atoms with Crippen molar-refractivity contribution in [2.75, 3.05) is 7.11 Å². The van der Waals surface area contributed by atoms with Crippen LogP contribution in [0.1, 0.15) is 25.0 Å². The first-order valence-electron chi connectivity index (χ1n) is 5.98. The molecule has 1 N–H and O–H groups in total. The highest BCUT2D eigenvalue weighted by molar-refractivity contribution is 5.72. The number of hydrogen-bond donors (Lipinski definition) is 1. The Morgan fingerprint density at radius 2 is 2.28 bits per heavy atom. The van der Waals surface area contributed by atoms with E-state index >= 15 is 0 Å². The van der Waals surface area contributed by atoms with Crippen LogP contribution in [0.15, 0.2) is 18.2 Å². The molecule has 4 nitrogen and oxygen atoms in total. The quantitative estimate of drug-likeness (QED) is 0.825. The minimum Gasteiger partial charge on any atom is -0.487 e. The van der Waals surface area contributed by atoms with Crippen molar-refractivity contribution in [2.45, 2.75) is 38.4 Å². The van der Waals surface area contributed by atoms with E-state index < -0.39 is 5.60 Å². The third-order valence-corrected chi connectivity index (χ3v) is 3.17. The van der Waals surface area contributed by atoms with E-state index in [0.29, 0.717) is 6.42 Å². The van der Waals surface area contributed by atoms with Gasteiger partial charge in [0.1, 0.15) is 11.9 Å². The van der Waals surface area contributed by atoms with E-state index in [1.807, 2.05) is 18.2 Å². The number of fused-ring (bicyclic) bond motifs is 1. The van der Waals surface area contributed by atoms with Gasteiger partial charge in [-0.15, -0.1) is 0 Å². The van der Waals surface area contributed by atoms with Crippen LogP contribution in [0.3, 0.4) is 0 Å². The van der Waals surface area contributed by atoms with Crippen LogP contribution < -0.4 is 4.74 Å². The molecule has 98 valence electrons. The molecule has 1 unspecified atom stereocenters. The van der Waals surface area contributed by atoms with E-state index in [2.05, 4.69) is 4.74 Å². The Morgan fingerprint density at radius 3 is 2.89 bits per heavy atom. The van der Waals surface area contributed by atoms with Gasteiger partial charge >= 0.3 is 5.97 Å². The topological polar surface area (TPSA) is 55.8 Å². The molecular weight excluding hydrogens is 232 g/mol. The fourth-order valence-electron chi connectivity index (χ4n) is 2.01. The van der Waals surface area contributed by atoms with Gasteiger partial charge in [0.15, 0.2) is 0 Å². The molecule has 0 aliphatic carbocycles. The summed E-state index contributed by atoms with van der Waals surface area (Å²) in [7, 11) is 1.37. The van der Waals surface area contributed by atoms with Gasteiger partial charge in [-0.2, -0.15) is 0 Å². The lowest BCUT2D eigenvalue weighted by molar-refractivity contribution is -0.139. The Bertz CT molecular complexity index is 459. The van der Waals surface area contributed by atoms with Crippen molar-refractivity contribution < 1.29 is 19.4 Å². The van der Waals surface area contributed by atoms with Gasteiger partial charge in [0, 0.05) is 6.42 Å². The number of rotatable bonds is 3. The zero-order valence-electron chi connectivity index (χ0n) is 10.9. The van der Waals surface area contributed by atoms with E-state index in [4.69, 9.17) is 4.74 Å². The predicted octanol–water partition coefficient (Wildman–Crippen LogP) is 1.48. The summed E-state index contributed by atoms with van der Waals surface area (Å²) in [4.78, 5) is 11.2. The van der Waals surface area contributed by atoms with Gasteiger partial charge in [0.25, 0.3) is 0 Å². The molecule has 2 rings (SSSR count). The Labute approximate surface area is 107 Å². The normalized spacial score (nSPS) is 18.1. The third-order valence-electron chi connectivity index (χ3n) is 3.17. The monoisotopic (exact) mass is 250 g/mol. The Hall–Kier alpha value is -1.55. The van der Waals surface area contributed by atoms with Crippen molar-refractivity contribution in [3.05, 3.63) is 29.3 Å². The van der Waals surface area contributed by atoms with E-state index in [1.54, 1.807) is 13.8 Å². The van der Waals surface area contributed by atoms with E-state index in [-0.39, 0.29) is 18.5 Å². The van der Waals surface area contributed by atoms with Crippen molar-refractivity contribution in [2.24, 2.45) is 0 Å². The number of carbonyl (C=O) groups is 1. The second-order valence-corrected chi connectivity index (χ2v) is 5.16. The molecule has 0 radical (unpaired) electrons. The van der Waals surface area contributed by atoms with Gasteiger partial charge in [0.2, 0.25) is 0 Å². The average molecular weight is 250 g/mol. The Kier molecular flexibility index (Phi) is 3.30. The number of methoxy groups -OCH3 is 1. The number of carbonyl (C=O) groups excluding carboxylic acids is 1. The number of benzene rings is 1. The average Bonchev–Trinajstić information content (AvgIpc) is 2.71. The van der Waals surface area contributed by atoms with Crippen molar-refractivity contribution in [3.63, 3.8) is 0 Å². The summed E-state index contributed by atoms with van der Waals surface area (Å²) in [6.07, 6.45) is 0.693. The largest absolute Gasteiger partial charge is 0.487 e. The standard InChI is InChI=1S/C14H18O4/c1-14(2,16)12-8-10-5-4-9(6-11(10)18-12)7-13(15)17-3/h4-6,12,16H,7-8H2,1-3H3. The van der Waals surface area contributed by atoms with Gasteiger partial charge in [0.05, 0.1) is 19.1 Å². The maximum atomic E-state index is 11.2. The predicted molar refractivity (Wildman–Crippen MR) is 66.6 cm³/mol. The van der Waals surface area contributed by atoms with Crippen LogP contribution in [0.4, 0.5) is 0 Å². The molecule has 1 atom stereocenters. The van der Waals surface area contributed by atoms with E-state index in [9.17, 15) is 9.90 Å². The molecule has 0 amide bonds. The maximum Gasteiger partial charge on any atom is 0.309 e. The SMILES string of the molecule is COC(=O)Cc1ccc2c(c1)OC(C(C)(C)O)C2. The highest BCUT2D eigenvalue weighted by Gasteiger charge is 2.34. The Balaban J connectivity index is 2.15. The van der Waals surface area contributed by atoms with Crippen LogP contribution in [-0.4, -0.2) is 29.9 Å². The first kappa shape index (κ1) is 12.9. The molecule has 4 heteroatoms. The zero-order valence-corrected chi connectivity index (χ0v) is 10.9. The third kappa shape index (κ3) is 2.64. The van der Waals surface area contributed by atoms with E-state index in [1.165, 1.54) is 7.11 Å². The molecule has 1 aromatic carbocycles. The van der Waals surface area contributed by atoms with Crippen LogP contribution in [0.25, 0.3) is 0 Å². The summed E-state index contributed by atoms with van der Waals surface area (Å²) in [5.41, 5.74) is 1.05. The molecule has 1 aliphatic rings. The van der Waals surface area contributed by atoms with Gasteiger partial charge < -0.3 is 14.6 Å². The highest BCUT2D eigenvalue weighted by Crippen LogP contribution is 2.33. The highest BCUT2D eigenvalue weighted by atomic mass is 16.5. The minimum absolute atomic E-state index is 0.235. The fraction of sp³-hybridized carbons (Fsp3) is 0.500. The lowest BCUT2D eigenvalue weighted by Gasteiger charge is -2.24. The van der Waals surface area contributed by atoms with Gasteiger partial charge in [-0.25, -0.2) is 0 Å². The molecule has 18 heavy (non-hydrogen) atoms. The number of esters is 1. The molecule has 0 saturated heterocycles. The summed E-state index contributed by atoms with van der Waals surface area (Å²) in [6, 6.07) is 5.68. The number of hydrogen-bond acceptors (Lipinski definition) is 4. The Morgan fingerprint density at radius 1 is 1.56 bits per heavy atom. The van der Waals surface area contributed by atoms with E-state index in [0.717, 1.165) is 16.9 Å². The van der Waals surface area contributed by atoms with Gasteiger partial charge in [-0.3, -0.25) is 4.79 Å². The summed E-state index contributed by atoms with van der Waals surface area (Å²) >= 11 is 0. The molecule has 0 spiro atoms. The number of aliphatic hydroxyl groups is 1. The number of ether oxygens (including phenoxy) is 2. The summed E-state index contributed by atoms with van der Waals surface area (Å²) in [5.74, 6) is 0.482. The van der Waals surface area contributed by atoms with Crippen molar-refractivity contribution in [3.8, 4) is 5.75 Å². The fourth-order valence-corrected chi connectivity index (χ4v) is 2.01. The first-order valence-corrected chi connectivity index (χ1v) is 5.98. The molecular formula is C14H18O4. The van der Waals surface area contributed by atoms with Crippen LogP contribution in [-0.2, 0) is 22.4 Å². The molecule has 1 heterocycles. The maximum absolute atomic E-state index is 11.2. The smallest absolute Gasteiger partial charge is 0.309 e. The van der Waals surface area contributed by atoms with Crippen LogP contribution in [0, 0.1) is 0 Å². The first-order chi connectivity index (χ1) is 8.40. The molecule has 0 saturated carbocycles. The summed E-state index contributed by atoms with van der Waals surface area (Å²) < 4.78 is 10.4. The lowest BCUT2D eigenvalue weighted by Crippen LogP contribution is -2.39.